The Morgan fingerprint density at radius 3 is 2.30 bits per heavy atom. The molecule has 1 fully saturated rings. The summed E-state index contributed by atoms with van der Waals surface area (Å²) in [6.45, 7) is 2.20. The van der Waals surface area contributed by atoms with Crippen LogP contribution in [0.4, 0.5) is 0 Å². The molecule has 1 aromatic rings. The van der Waals surface area contributed by atoms with Crippen molar-refractivity contribution in [3.63, 3.8) is 0 Å². The Morgan fingerprint density at radius 1 is 1.03 bits per heavy atom. The Morgan fingerprint density at radius 2 is 1.70 bits per heavy atom. The van der Waals surface area contributed by atoms with E-state index in [1.165, 1.54) is 30.7 Å². The minimum atomic E-state index is -3.73. The van der Waals surface area contributed by atoms with Crippen LogP contribution in [0.5, 0.6) is 11.5 Å². The summed E-state index contributed by atoms with van der Waals surface area (Å²) >= 11 is 0. The molecule has 0 saturated carbocycles. The second-order valence-corrected chi connectivity index (χ2v) is 9.61. The topological polar surface area (TPSA) is 118 Å². The van der Waals surface area contributed by atoms with E-state index in [1.807, 2.05) is 0 Å². The third-order valence-corrected chi connectivity index (χ3v) is 7.14. The molecule has 0 atom stereocenters. The lowest BCUT2D eigenvalue weighted by Gasteiger charge is -2.34. The summed E-state index contributed by atoms with van der Waals surface area (Å²) in [5.74, 6) is 0.470. The van der Waals surface area contributed by atoms with E-state index >= 15 is 0 Å². The summed E-state index contributed by atoms with van der Waals surface area (Å²) in [4.78, 5) is 27.9. The molecule has 1 heterocycles. The molecule has 2 rings (SSSR count). The molecule has 0 bridgehead atoms. The van der Waals surface area contributed by atoms with Crippen LogP contribution in [0.2, 0.25) is 0 Å². The van der Waals surface area contributed by atoms with Crippen LogP contribution in [-0.4, -0.2) is 115 Å². The molecule has 1 aliphatic rings. The lowest BCUT2D eigenvalue weighted by molar-refractivity contribution is -0.133. The van der Waals surface area contributed by atoms with Crippen molar-refractivity contribution >= 4 is 21.8 Å². The van der Waals surface area contributed by atoms with Gasteiger partial charge in [-0.25, -0.2) is 8.42 Å². The summed E-state index contributed by atoms with van der Waals surface area (Å²) in [5.41, 5.74) is 0. The molecule has 12 heteroatoms. The fourth-order valence-corrected chi connectivity index (χ4v) is 4.87. The number of ether oxygens (including phenoxy) is 3. The van der Waals surface area contributed by atoms with Gasteiger partial charge >= 0.3 is 0 Å². The first-order valence-corrected chi connectivity index (χ1v) is 12.1. The van der Waals surface area contributed by atoms with Gasteiger partial charge in [-0.1, -0.05) is 0 Å². The molecule has 1 aliphatic heterocycles. The summed E-state index contributed by atoms with van der Waals surface area (Å²) in [6, 6.07) is 4.46. The Hall–Kier alpha value is -2.41. The highest BCUT2D eigenvalue weighted by molar-refractivity contribution is 7.89. The van der Waals surface area contributed by atoms with Gasteiger partial charge in [-0.05, 0) is 25.6 Å². The third kappa shape index (κ3) is 7.56. The number of nitrogens with zero attached hydrogens (tertiary/aromatic N) is 3. The summed E-state index contributed by atoms with van der Waals surface area (Å²) in [7, 11) is 2.50. The van der Waals surface area contributed by atoms with E-state index in [-0.39, 0.29) is 56.0 Å². The van der Waals surface area contributed by atoms with Crippen LogP contribution in [0.1, 0.15) is 6.42 Å². The Labute approximate surface area is 195 Å². The van der Waals surface area contributed by atoms with Gasteiger partial charge in [-0.3, -0.25) is 14.5 Å². The molecule has 0 spiro atoms. The average Bonchev–Trinajstić information content (AvgIpc) is 2.81. The van der Waals surface area contributed by atoms with Crippen molar-refractivity contribution in [1.29, 1.82) is 0 Å². The molecular weight excluding hydrogens is 452 g/mol. The maximum absolute atomic E-state index is 13.0. The smallest absolute Gasteiger partial charge is 0.243 e. The zero-order valence-electron chi connectivity index (χ0n) is 19.7. The van der Waals surface area contributed by atoms with Crippen LogP contribution < -0.4 is 14.8 Å². The highest BCUT2D eigenvalue weighted by atomic mass is 32.2. The van der Waals surface area contributed by atoms with Gasteiger partial charge in [0.25, 0.3) is 0 Å². The number of nitrogens with one attached hydrogen (secondary N) is 1. The number of sulfonamides is 1. The number of piperazine rings is 1. The largest absolute Gasteiger partial charge is 0.493 e. The number of methoxy groups -OCH3 is 3. The van der Waals surface area contributed by atoms with Gasteiger partial charge < -0.3 is 24.4 Å². The van der Waals surface area contributed by atoms with Gasteiger partial charge in [0.15, 0.2) is 11.5 Å². The normalized spacial score (nSPS) is 14.9. The second-order valence-electron chi connectivity index (χ2n) is 7.67. The maximum atomic E-state index is 13.0. The molecule has 0 radical (unpaired) electrons. The van der Waals surface area contributed by atoms with Crippen molar-refractivity contribution < 1.29 is 32.2 Å². The summed E-state index contributed by atoms with van der Waals surface area (Å²) in [6.07, 6.45) is 0.724. The van der Waals surface area contributed by atoms with Crippen molar-refractivity contribution in [3.8, 4) is 11.5 Å². The van der Waals surface area contributed by atoms with E-state index in [0.29, 0.717) is 24.7 Å². The highest BCUT2D eigenvalue weighted by Crippen LogP contribution is 2.30. The van der Waals surface area contributed by atoms with Crippen LogP contribution in [0.15, 0.2) is 23.1 Å². The maximum Gasteiger partial charge on any atom is 0.243 e. The molecule has 1 N–H and O–H groups in total. The van der Waals surface area contributed by atoms with Crippen LogP contribution in [0, 0.1) is 0 Å². The number of carbonyl (C=O) groups excluding carboxylic acids is 2. The Bertz CT molecular complexity index is 902. The van der Waals surface area contributed by atoms with E-state index in [2.05, 4.69) is 5.32 Å². The summed E-state index contributed by atoms with van der Waals surface area (Å²) in [5, 5.41) is 2.78. The lowest BCUT2D eigenvalue weighted by atomic mass is 10.3. The van der Waals surface area contributed by atoms with Crippen molar-refractivity contribution in [2.24, 2.45) is 0 Å². The van der Waals surface area contributed by atoms with E-state index < -0.39 is 10.0 Å². The van der Waals surface area contributed by atoms with E-state index in [9.17, 15) is 18.0 Å². The monoisotopic (exact) mass is 486 g/mol. The number of carbonyl (C=O) groups is 2. The van der Waals surface area contributed by atoms with Gasteiger partial charge in [0.1, 0.15) is 0 Å². The first-order valence-electron chi connectivity index (χ1n) is 10.7. The van der Waals surface area contributed by atoms with Crippen molar-refractivity contribution in [1.82, 2.24) is 19.4 Å². The number of hydrogen-bond donors (Lipinski definition) is 1. The molecule has 0 aromatic heterocycles. The molecule has 0 unspecified atom stereocenters. The van der Waals surface area contributed by atoms with Gasteiger partial charge in [0.05, 0.1) is 32.2 Å². The Balaban J connectivity index is 1.86. The molecule has 0 aliphatic carbocycles. The first-order chi connectivity index (χ1) is 15.7. The van der Waals surface area contributed by atoms with Crippen LogP contribution in [0.3, 0.4) is 0 Å². The van der Waals surface area contributed by atoms with Crippen LogP contribution in [0.25, 0.3) is 0 Å². The number of benzene rings is 1. The van der Waals surface area contributed by atoms with E-state index in [0.717, 1.165) is 6.42 Å². The van der Waals surface area contributed by atoms with Gasteiger partial charge in [-0.15, -0.1) is 0 Å². The predicted molar refractivity (Wildman–Crippen MR) is 122 cm³/mol. The lowest BCUT2D eigenvalue weighted by Crippen LogP contribution is -2.52. The zero-order valence-corrected chi connectivity index (χ0v) is 20.5. The van der Waals surface area contributed by atoms with Crippen LogP contribution >= 0.6 is 0 Å². The first kappa shape index (κ1) is 26.8. The number of likely N-dealkylation sites (N-methyl/N-ethyl adjacent to an activating group) is 1. The standard InChI is InChI=1S/C21H34N4O7S/c1-23(15-20(26)22-8-5-13-30-2)16-21(27)24-9-11-25(12-10-24)33(28,29)17-6-7-18(31-3)19(14-17)32-4/h6-7,14H,5,8-13,15-16H2,1-4H3,(H,22,26). The molecule has 11 nitrogen and oxygen atoms in total. The van der Waals surface area contributed by atoms with E-state index in [4.69, 9.17) is 14.2 Å². The molecule has 1 saturated heterocycles. The average molecular weight is 487 g/mol. The second kappa shape index (κ2) is 12.7. The third-order valence-electron chi connectivity index (χ3n) is 5.25. The quantitative estimate of drug-likeness (QED) is 0.398. The summed E-state index contributed by atoms with van der Waals surface area (Å²) < 4.78 is 42.7. The fraction of sp³-hybridized carbons (Fsp3) is 0.619. The number of rotatable bonds is 12. The van der Waals surface area contributed by atoms with Gasteiger partial charge in [0.2, 0.25) is 21.8 Å². The van der Waals surface area contributed by atoms with Gasteiger partial charge in [-0.2, -0.15) is 4.31 Å². The fourth-order valence-electron chi connectivity index (χ4n) is 3.44. The Kier molecular flexibility index (Phi) is 10.4. The highest BCUT2D eigenvalue weighted by Gasteiger charge is 2.31. The molecule has 33 heavy (non-hydrogen) atoms. The minimum absolute atomic E-state index is 0.0773. The molecular formula is C21H34N4O7S. The molecule has 186 valence electrons. The molecule has 2 amide bonds. The SMILES string of the molecule is COCCCNC(=O)CN(C)CC(=O)N1CCN(S(=O)(=O)c2ccc(OC)c(OC)c2)CC1. The van der Waals surface area contributed by atoms with E-state index in [1.54, 1.807) is 30.0 Å². The van der Waals surface area contributed by atoms with Crippen molar-refractivity contribution in [3.05, 3.63) is 18.2 Å². The zero-order chi connectivity index (χ0) is 24.4. The number of hydrogen-bond acceptors (Lipinski definition) is 8. The minimum Gasteiger partial charge on any atom is -0.493 e. The van der Waals surface area contributed by atoms with Crippen molar-refractivity contribution in [2.45, 2.75) is 11.3 Å². The predicted octanol–water partition coefficient (Wildman–Crippen LogP) is -0.379. The molecule has 1 aromatic carbocycles. The van der Waals surface area contributed by atoms with Crippen LogP contribution in [-0.2, 0) is 24.3 Å². The van der Waals surface area contributed by atoms with Gasteiger partial charge in [0, 0.05) is 52.5 Å². The number of amides is 2. The van der Waals surface area contributed by atoms with Crippen molar-refractivity contribution in [2.75, 3.05) is 80.8 Å².